The maximum absolute atomic E-state index is 12.2. The Labute approximate surface area is 135 Å². The minimum Gasteiger partial charge on any atom is -0.278 e. The first-order valence-corrected chi connectivity index (χ1v) is 8.96. The number of non-ortho nitro benzene ring substituents is 1. The second-order valence-corrected chi connectivity index (χ2v) is 8.09. The molecule has 0 saturated heterocycles. The van der Waals surface area contributed by atoms with E-state index < -0.39 is 14.9 Å². The highest BCUT2D eigenvalue weighted by molar-refractivity contribution is 9.11. The van der Waals surface area contributed by atoms with Crippen molar-refractivity contribution < 1.29 is 13.3 Å². The molecule has 20 heavy (non-hydrogen) atoms. The van der Waals surface area contributed by atoms with E-state index in [9.17, 15) is 18.5 Å². The van der Waals surface area contributed by atoms with Crippen molar-refractivity contribution in [2.45, 2.75) is 4.21 Å². The van der Waals surface area contributed by atoms with Crippen molar-refractivity contribution in [2.24, 2.45) is 0 Å². The fourth-order valence-corrected chi connectivity index (χ4v) is 5.38. The molecule has 2 aromatic rings. The Bertz CT molecular complexity index is 773. The predicted octanol–water partition coefficient (Wildman–Crippen LogP) is 3.98. The Morgan fingerprint density at radius 3 is 2.40 bits per heavy atom. The van der Waals surface area contributed by atoms with Crippen molar-refractivity contribution in [3.63, 3.8) is 0 Å². The summed E-state index contributed by atoms with van der Waals surface area (Å²) in [5, 5.41) is 12.3. The molecule has 0 bridgehead atoms. The largest absolute Gasteiger partial charge is 0.278 e. The lowest BCUT2D eigenvalue weighted by Crippen LogP contribution is -2.12. The number of halogens is 2. The van der Waals surface area contributed by atoms with Gasteiger partial charge in [0.2, 0.25) is 0 Å². The van der Waals surface area contributed by atoms with Crippen LogP contribution in [0.3, 0.4) is 0 Å². The third kappa shape index (κ3) is 3.19. The SMILES string of the molecule is O=[N+]([O-])c1ccc(NS(=O)(=O)c2sccc2Br)c(Br)c1. The van der Waals surface area contributed by atoms with Crippen molar-refractivity contribution >= 4 is 64.6 Å². The van der Waals surface area contributed by atoms with Gasteiger partial charge < -0.3 is 0 Å². The van der Waals surface area contributed by atoms with E-state index in [0.29, 0.717) is 8.95 Å². The standard InChI is InChI=1S/C10H6Br2N2O4S2/c11-7-3-4-19-10(7)20(17,18)13-9-2-1-6(14(15)16)5-8(9)12/h1-5,13H. The van der Waals surface area contributed by atoms with Gasteiger partial charge in [0.15, 0.2) is 4.21 Å². The summed E-state index contributed by atoms with van der Waals surface area (Å²) in [5.41, 5.74) is 0.105. The number of nitro groups is 1. The fourth-order valence-electron chi connectivity index (χ4n) is 1.36. The topological polar surface area (TPSA) is 89.3 Å². The maximum Gasteiger partial charge on any atom is 0.272 e. The van der Waals surface area contributed by atoms with Gasteiger partial charge in [-0.1, -0.05) is 0 Å². The Kier molecular flexibility index (Phi) is 4.47. The highest BCUT2D eigenvalue weighted by Gasteiger charge is 2.21. The molecule has 1 N–H and O–H groups in total. The van der Waals surface area contributed by atoms with Gasteiger partial charge >= 0.3 is 0 Å². The second kappa shape index (κ2) is 5.80. The summed E-state index contributed by atoms with van der Waals surface area (Å²) in [5.74, 6) is 0. The van der Waals surface area contributed by atoms with Crippen LogP contribution in [0.25, 0.3) is 0 Å². The van der Waals surface area contributed by atoms with Crippen molar-refractivity contribution in [1.82, 2.24) is 0 Å². The summed E-state index contributed by atoms with van der Waals surface area (Å²) >= 11 is 7.33. The molecule has 0 saturated carbocycles. The zero-order valence-electron chi connectivity index (χ0n) is 9.54. The number of hydrogen-bond acceptors (Lipinski definition) is 5. The van der Waals surface area contributed by atoms with Crippen LogP contribution in [-0.2, 0) is 10.0 Å². The Hall–Kier alpha value is -0.970. The number of anilines is 1. The molecule has 1 aromatic heterocycles. The highest BCUT2D eigenvalue weighted by atomic mass is 79.9. The zero-order chi connectivity index (χ0) is 14.9. The third-order valence-corrected chi connectivity index (χ3v) is 6.93. The first-order valence-electron chi connectivity index (χ1n) is 5.01. The van der Waals surface area contributed by atoms with Crippen molar-refractivity contribution in [3.8, 4) is 0 Å². The summed E-state index contributed by atoms with van der Waals surface area (Å²) < 4.78 is 27.6. The van der Waals surface area contributed by atoms with Crippen LogP contribution in [-0.4, -0.2) is 13.3 Å². The van der Waals surface area contributed by atoms with E-state index in [1.54, 1.807) is 11.4 Å². The monoisotopic (exact) mass is 440 g/mol. The van der Waals surface area contributed by atoms with Gasteiger partial charge in [-0.3, -0.25) is 14.8 Å². The Balaban J connectivity index is 2.36. The summed E-state index contributed by atoms with van der Waals surface area (Å²) in [6.07, 6.45) is 0. The number of nitrogens with one attached hydrogen (secondary N) is 1. The molecule has 0 amide bonds. The van der Waals surface area contributed by atoms with Crippen LogP contribution in [0.5, 0.6) is 0 Å². The molecule has 0 radical (unpaired) electrons. The van der Waals surface area contributed by atoms with Crippen LogP contribution in [0, 0.1) is 10.1 Å². The van der Waals surface area contributed by atoms with Crippen LogP contribution >= 0.6 is 43.2 Å². The van der Waals surface area contributed by atoms with E-state index in [0.717, 1.165) is 11.3 Å². The second-order valence-electron chi connectivity index (χ2n) is 3.58. The number of nitrogens with zero attached hydrogens (tertiary/aromatic N) is 1. The molecule has 0 unspecified atom stereocenters. The van der Waals surface area contributed by atoms with Crippen LogP contribution in [0.4, 0.5) is 11.4 Å². The van der Waals surface area contributed by atoms with Gasteiger partial charge in [0.05, 0.1) is 10.6 Å². The molecule has 0 atom stereocenters. The van der Waals surface area contributed by atoms with E-state index in [1.807, 2.05) is 0 Å². The lowest BCUT2D eigenvalue weighted by atomic mass is 10.3. The van der Waals surface area contributed by atoms with E-state index in [2.05, 4.69) is 36.6 Å². The first kappa shape index (κ1) is 15.4. The highest BCUT2D eigenvalue weighted by Crippen LogP contribution is 2.32. The molecular formula is C10H6Br2N2O4S2. The van der Waals surface area contributed by atoms with E-state index in [4.69, 9.17) is 0 Å². The summed E-state index contributed by atoms with van der Waals surface area (Å²) in [6.45, 7) is 0. The number of rotatable bonds is 4. The Morgan fingerprint density at radius 1 is 1.20 bits per heavy atom. The van der Waals surface area contributed by atoms with Crippen molar-refractivity contribution in [1.29, 1.82) is 0 Å². The summed E-state index contributed by atoms with van der Waals surface area (Å²) in [4.78, 5) is 10.1. The van der Waals surface area contributed by atoms with Gasteiger partial charge in [0.1, 0.15) is 0 Å². The number of thiophene rings is 1. The minimum atomic E-state index is -3.73. The molecular weight excluding hydrogens is 436 g/mol. The third-order valence-electron chi connectivity index (χ3n) is 2.24. The van der Waals surface area contributed by atoms with Crippen LogP contribution in [0.15, 0.2) is 42.8 Å². The Morgan fingerprint density at radius 2 is 1.90 bits per heavy atom. The summed E-state index contributed by atoms with van der Waals surface area (Å²) in [7, 11) is -3.73. The van der Waals surface area contributed by atoms with Gasteiger partial charge in [-0.25, -0.2) is 8.42 Å². The molecule has 1 heterocycles. The molecule has 0 aliphatic carbocycles. The van der Waals surface area contributed by atoms with E-state index in [1.165, 1.54) is 18.2 Å². The number of hydrogen-bond donors (Lipinski definition) is 1. The molecule has 0 aliphatic rings. The van der Waals surface area contributed by atoms with Gasteiger partial charge in [-0.05, 0) is 49.4 Å². The lowest BCUT2D eigenvalue weighted by molar-refractivity contribution is -0.384. The quantitative estimate of drug-likeness (QED) is 0.573. The van der Waals surface area contributed by atoms with Crippen LogP contribution < -0.4 is 4.72 Å². The average molecular weight is 442 g/mol. The summed E-state index contributed by atoms with van der Waals surface area (Å²) in [6, 6.07) is 5.43. The van der Waals surface area contributed by atoms with Crippen molar-refractivity contribution in [2.75, 3.05) is 4.72 Å². The molecule has 0 fully saturated rings. The molecule has 6 nitrogen and oxygen atoms in total. The first-order chi connectivity index (χ1) is 9.31. The molecule has 1 aromatic carbocycles. The van der Waals surface area contributed by atoms with Gasteiger partial charge in [0, 0.05) is 21.1 Å². The molecule has 10 heteroatoms. The normalized spacial score (nSPS) is 11.3. The molecule has 106 valence electrons. The van der Waals surface area contributed by atoms with Crippen LogP contribution in [0.2, 0.25) is 0 Å². The number of benzene rings is 1. The maximum atomic E-state index is 12.2. The van der Waals surface area contributed by atoms with Crippen LogP contribution in [0.1, 0.15) is 0 Å². The van der Waals surface area contributed by atoms with E-state index in [-0.39, 0.29) is 15.6 Å². The fraction of sp³-hybridized carbons (Fsp3) is 0. The zero-order valence-corrected chi connectivity index (χ0v) is 14.3. The van der Waals surface area contributed by atoms with E-state index >= 15 is 0 Å². The molecule has 0 aliphatic heterocycles. The van der Waals surface area contributed by atoms with Gasteiger partial charge in [-0.15, -0.1) is 11.3 Å². The smallest absolute Gasteiger partial charge is 0.272 e. The number of sulfonamides is 1. The van der Waals surface area contributed by atoms with Gasteiger partial charge in [0.25, 0.3) is 15.7 Å². The van der Waals surface area contributed by atoms with Crippen molar-refractivity contribution in [3.05, 3.63) is 48.7 Å². The minimum absolute atomic E-state index is 0.128. The molecule has 0 spiro atoms. The van der Waals surface area contributed by atoms with Gasteiger partial charge in [-0.2, -0.15) is 0 Å². The molecule has 2 rings (SSSR count). The predicted molar refractivity (Wildman–Crippen MR) is 83.6 cm³/mol. The lowest BCUT2D eigenvalue weighted by Gasteiger charge is -2.08. The average Bonchev–Trinajstić information content (AvgIpc) is 2.78. The number of nitro benzene ring substituents is 1.